The molecule has 28 heavy (non-hydrogen) atoms. The van der Waals surface area contributed by atoms with Gasteiger partial charge in [0.2, 0.25) is 11.6 Å². The number of carbonyl (C=O) groups is 1. The molecule has 1 fully saturated rings. The van der Waals surface area contributed by atoms with Crippen LogP contribution in [0.25, 0.3) is 16.2 Å². The average Bonchev–Trinajstić information content (AvgIpc) is 3.20. The number of amides is 1. The number of aromatic nitrogens is 4. The third-order valence-corrected chi connectivity index (χ3v) is 4.83. The van der Waals surface area contributed by atoms with Gasteiger partial charge in [-0.05, 0) is 43.0 Å². The number of rotatable bonds is 4. The number of aromatic amines is 1. The molecule has 0 radical (unpaired) electrons. The quantitative estimate of drug-likeness (QED) is 0.707. The summed E-state index contributed by atoms with van der Waals surface area (Å²) in [5.41, 5.74) is 1.53. The highest BCUT2D eigenvalue weighted by atomic mass is 19.1. The molecule has 1 aromatic carbocycles. The summed E-state index contributed by atoms with van der Waals surface area (Å²) < 4.78 is 13.9. The first-order valence-electron chi connectivity index (χ1n) is 8.96. The van der Waals surface area contributed by atoms with Crippen molar-refractivity contribution >= 4 is 17.5 Å². The smallest absolute Gasteiger partial charge is 0.251 e. The Morgan fingerprint density at radius 3 is 2.86 bits per heavy atom. The lowest BCUT2D eigenvalue weighted by Crippen LogP contribution is -2.42. The SMILES string of the molecule is [C-]#[N+]c1ccc(C[C@@H]2CCCN(c3n[nH]c(-c4ccncc4)n3)C2=O)cc1F. The van der Waals surface area contributed by atoms with Crippen LogP contribution >= 0.6 is 0 Å². The monoisotopic (exact) mass is 376 g/mol. The van der Waals surface area contributed by atoms with Gasteiger partial charge < -0.3 is 0 Å². The molecule has 7 nitrogen and oxygen atoms in total. The molecule has 3 heterocycles. The predicted octanol–water partition coefficient (Wildman–Crippen LogP) is 3.54. The fraction of sp³-hybridized carbons (Fsp3) is 0.250. The fourth-order valence-electron chi connectivity index (χ4n) is 3.40. The number of nitrogens with zero attached hydrogens (tertiary/aromatic N) is 5. The molecule has 0 bridgehead atoms. The minimum atomic E-state index is -0.552. The molecule has 0 aliphatic carbocycles. The molecule has 1 amide bonds. The molecule has 1 N–H and O–H groups in total. The Bertz CT molecular complexity index is 1040. The van der Waals surface area contributed by atoms with E-state index in [4.69, 9.17) is 6.57 Å². The van der Waals surface area contributed by atoms with Crippen molar-refractivity contribution in [3.63, 3.8) is 0 Å². The number of benzene rings is 1. The molecule has 1 atom stereocenters. The molecule has 1 saturated heterocycles. The Labute approximate surface area is 161 Å². The van der Waals surface area contributed by atoms with Gasteiger partial charge in [0.1, 0.15) is 5.82 Å². The van der Waals surface area contributed by atoms with Crippen LogP contribution < -0.4 is 4.90 Å². The molecule has 1 aliphatic rings. The van der Waals surface area contributed by atoms with Gasteiger partial charge in [-0.1, -0.05) is 12.1 Å². The van der Waals surface area contributed by atoms with E-state index in [1.807, 2.05) is 12.1 Å². The number of carbonyl (C=O) groups excluding carboxylic acids is 1. The van der Waals surface area contributed by atoms with Crippen LogP contribution in [0, 0.1) is 18.3 Å². The second kappa shape index (κ2) is 7.56. The third-order valence-electron chi connectivity index (χ3n) is 4.83. The molecular weight excluding hydrogens is 359 g/mol. The van der Waals surface area contributed by atoms with Gasteiger partial charge in [0.25, 0.3) is 5.95 Å². The maximum Gasteiger partial charge on any atom is 0.251 e. The van der Waals surface area contributed by atoms with E-state index in [-0.39, 0.29) is 17.5 Å². The standard InChI is InChI=1S/C20H17FN6O/c1-22-17-5-4-13(12-16(17)21)11-15-3-2-10-27(19(15)28)20-24-18(25-26-20)14-6-8-23-9-7-14/h4-9,12,15H,2-3,10-11H2,(H,24,25,26)/t15-/m0/s1. The van der Waals surface area contributed by atoms with Crippen LogP contribution in [-0.2, 0) is 11.2 Å². The maximum atomic E-state index is 13.9. The summed E-state index contributed by atoms with van der Waals surface area (Å²) in [4.78, 5) is 26.1. The first-order chi connectivity index (χ1) is 13.7. The number of hydrogen-bond acceptors (Lipinski definition) is 4. The zero-order valence-electron chi connectivity index (χ0n) is 15.0. The van der Waals surface area contributed by atoms with E-state index >= 15 is 0 Å². The number of anilines is 1. The van der Waals surface area contributed by atoms with Crippen molar-refractivity contribution in [3.8, 4) is 11.4 Å². The van der Waals surface area contributed by atoms with Crippen molar-refractivity contribution < 1.29 is 9.18 Å². The summed E-state index contributed by atoms with van der Waals surface area (Å²) in [7, 11) is 0. The first kappa shape index (κ1) is 17.8. The van der Waals surface area contributed by atoms with Crippen LogP contribution in [0.2, 0.25) is 0 Å². The summed E-state index contributed by atoms with van der Waals surface area (Å²) in [5, 5.41) is 7.06. The molecule has 3 aromatic rings. The second-order valence-corrected chi connectivity index (χ2v) is 6.65. The van der Waals surface area contributed by atoms with Crippen LogP contribution in [0.5, 0.6) is 0 Å². The van der Waals surface area contributed by atoms with E-state index < -0.39 is 5.82 Å². The molecular formula is C20H17FN6O. The minimum Gasteiger partial charge on any atom is -0.279 e. The highest BCUT2D eigenvalue weighted by Crippen LogP contribution is 2.27. The molecule has 0 unspecified atom stereocenters. The molecule has 8 heteroatoms. The zero-order valence-corrected chi connectivity index (χ0v) is 15.0. The van der Waals surface area contributed by atoms with E-state index in [0.29, 0.717) is 30.3 Å². The van der Waals surface area contributed by atoms with Crippen LogP contribution in [0.4, 0.5) is 16.0 Å². The zero-order chi connectivity index (χ0) is 19.5. The molecule has 0 spiro atoms. The minimum absolute atomic E-state index is 0.00953. The lowest BCUT2D eigenvalue weighted by Gasteiger charge is -2.30. The molecule has 140 valence electrons. The summed E-state index contributed by atoms with van der Waals surface area (Å²) in [6.07, 6.45) is 5.30. The largest absolute Gasteiger partial charge is 0.279 e. The van der Waals surface area contributed by atoms with Crippen molar-refractivity contribution in [1.82, 2.24) is 20.2 Å². The number of pyridine rings is 1. The number of nitrogens with one attached hydrogen (secondary N) is 1. The molecule has 4 rings (SSSR count). The van der Waals surface area contributed by atoms with Crippen molar-refractivity contribution in [2.45, 2.75) is 19.3 Å². The topological polar surface area (TPSA) is 79.1 Å². The highest BCUT2D eigenvalue weighted by Gasteiger charge is 2.32. The van der Waals surface area contributed by atoms with Gasteiger partial charge in [-0.25, -0.2) is 9.24 Å². The van der Waals surface area contributed by atoms with Gasteiger partial charge in [-0.15, -0.1) is 5.10 Å². The molecule has 2 aromatic heterocycles. The van der Waals surface area contributed by atoms with Crippen LogP contribution in [0.3, 0.4) is 0 Å². The van der Waals surface area contributed by atoms with Gasteiger partial charge in [-0.3, -0.25) is 19.8 Å². The normalized spacial score (nSPS) is 16.8. The fourth-order valence-corrected chi connectivity index (χ4v) is 3.40. The van der Waals surface area contributed by atoms with Crippen molar-refractivity contribution in [2.24, 2.45) is 5.92 Å². The van der Waals surface area contributed by atoms with Gasteiger partial charge in [0, 0.05) is 30.4 Å². The first-order valence-corrected chi connectivity index (χ1v) is 8.96. The second-order valence-electron chi connectivity index (χ2n) is 6.65. The Hall–Kier alpha value is -3.60. The van der Waals surface area contributed by atoms with Gasteiger partial charge in [0.05, 0.1) is 6.57 Å². The highest BCUT2D eigenvalue weighted by molar-refractivity contribution is 5.94. The Morgan fingerprint density at radius 1 is 1.29 bits per heavy atom. The number of piperidine rings is 1. The van der Waals surface area contributed by atoms with Crippen LogP contribution in [0.15, 0.2) is 42.7 Å². The van der Waals surface area contributed by atoms with Crippen molar-refractivity contribution in [1.29, 1.82) is 0 Å². The average molecular weight is 376 g/mol. The summed E-state index contributed by atoms with van der Waals surface area (Å²) in [6, 6.07) is 8.13. The Morgan fingerprint density at radius 2 is 2.11 bits per heavy atom. The lowest BCUT2D eigenvalue weighted by molar-refractivity contribution is -0.123. The van der Waals surface area contributed by atoms with Crippen molar-refractivity contribution in [2.75, 3.05) is 11.4 Å². The van der Waals surface area contributed by atoms with Crippen LogP contribution in [0.1, 0.15) is 18.4 Å². The van der Waals surface area contributed by atoms with E-state index in [2.05, 4.69) is 25.0 Å². The maximum absolute atomic E-state index is 13.9. The van der Waals surface area contributed by atoms with Gasteiger partial charge >= 0.3 is 0 Å². The van der Waals surface area contributed by atoms with E-state index in [1.54, 1.807) is 23.4 Å². The summed E-state index contributed by atoms with van der Waals surface area (Å²) in [6.45, 7) is 7.48. The van der Waals surface area contributed by atoms with Crippen LogP contribution in [-0.4, -0.2) is 32.6 Å². The van der Waals surface area contributed by atoms with Crippen molar-refractivity contribution in [3.05, 3.63) is 65.5 Å². The summed E-state index contributed by atoms with van der Waals surface area (Å²) >= 11 is 0. The third kappa shape index (κ3) is 3.47. The van der Waals surface area contributed by atoms with Gasteiger partial charge in [0.15, 0.2) is 5.82 Å². The van der Waals surface area contributed by atoms with Gasteiger partial charge in [-0.2, -0.15) is 4.98 Å². The number of H-pyrrole nitrogens is 1. The predicted molar refractivity (Wildman–Crippen MR) is 101 cm³/mol. The summed E-state index contributed by atoms with van der Waals surface area (Å²) in [5.74, 6) is 0.0276. The van der Waals surface area contributed by atoms with E-state index in [0.717, 1.165) is 18.4 Å². The number of hydrogen-bond donors (Lipinski definition) is 1. The Kier molecular flexibility index (Phi) is 4.81. The molecule has 0 saturated carbocycles. The molecule has 1 aliphatic heterocycles. The number of halogens is 1. The Balaban J connectivity index is 1.51. The van der Waals surface area contributed by atoms with E-state index in [9.17, 15) is 9.18 Å². The lowest BCUT2D eigenvalue weighted by atomic mass is 9.90. The van der Waals surface area contributed by atoms with E-state index in [1.165, 1.54) is 12.1 Å².